The number of fused-ring (bicyclic) bond motifs is 2. The highest BCUT2D eigenvalue weighted by atomic mass is 19.1. The van der Waals surface area contributed by atoms with Gasteiger partial charge in [0.25, 0.3) is 5.91 Å². The number of hydrogen-bond donors (Lipinski definition) is 0. The lowest BCUT2D eigenvalue weighted by molar-refractivity contribution is 0.0983. The number of hydrogen-bond acceptors (Lipinski definition) is 3. The zero-order chi connectivity index (χ0) is 16.7. The van der Waals surface area contributed by atoms with E-state index in [1.54, 1.807) is 23.1 Å². The molecule has 0 radical (unpaired) electrons. The van der Waals surface area contributed by atoms with E-state index in [-0.39, 0.29) is 11.7 Å². The molecule has 2 aromatic carbocycles. The number of rotatable bonds is 1. The average Bonchev–Trinajstić information content (AvgIpc) is 2.60. The minimum atomic E-state index is -0.250. The maximum atomic E-state index is 13.7. The van der Waals surface area contributed by atoms with E-state index in [2.05, 4.69) is 0 Å². The normalized spacial score (nSPS) is 15.8. The van der Waals surface area contributed by atoms with Crippen molar-refractivity contribution in [3.8, 4) is 11.5 Å². The van der Waals surface area contributed by atoms with Crippen molar-refractivity contribution in [2.24, 2.45) is 0 Å². The first-order chi connectivity index (χ1) is 11.6. The topological polar surface area (TPSA) is 38.8 Å². The van der Waals surface area contributed by atoms with Crippen LogP contribution in [-0.4, -0.2) is 25.7 Å². The standard InChI is InChI=1S/C19H18FNO3/c1-12-9-15(20)10-13-3-2-6-21(18(12)13)19(22)14-4-5-16-17(11-14)24-8-7-23-16/h4-5,9-11H,2-3,6-8H2,1H3. The number of benzene rings is 2. The van der Waals surface area contributed by atoms with Gasteiger partial charge >= 0.3 is 0 Å². The number of halogens is 1. The molecule has 0 fully saturated rings. The van der Waals surface area contributed by atoms with Gasteiger partial charge < -0.3 is 14.4 Å². The smallest absolute Gasteiger partial charge is 0.258 e. The van der Waals surface area contributed by atoms with Gasteiger partial charge in [-0.05, 0) is 61.2 Å². The summed E-state index contributed by atoms with van der Waals surface area (Å²) in [6, 6.07) is 8.26. The van der Waals surface area contributed by atoms with Crippen molar-refractivity contribution in [2.45, 2.75) is 19.8 Å². The molecule has 4 rings (SSSR count). The van der Waals surface area contributed by atoms with E-state index in [0.717, 1.165) is 29.7 Å². The number of aryl methyl sites for hydroxylation is 2. The second-order valence-electron chi connectivity index (χ2n) is 6.15. The molecule has 2 aromatic rings. The Bertz CT molecular complexity index is 818. The molecule has 0 atom stereocenters. The minimum Gasteiger partial charge on any atom is -0.486 e. The summed E-state index contributed by atoms with van der Waals surface area (Å²) < 4.78 is 24.7. The van der Waals surface area contributed by atoms with Crippen LogP contribution < -0.4 is 14.4 Å². The molecule has 0 aromatic heterocycles. The summed E-state index contributed by atoms with van der Waals surface area (Å²) >= 11 is 0. The molecule has 0 spiro atoms. The van der Waals surface area contributed by atoms with Crippen molar-refractivity contribution in [3.63, 3.8) is 0 Å². The molecule has 2 heterocycles. The molecule has 1 amide bonds. The summed E-state index contributed by atoms with van der Waals surface area (Å²) in [5, 5.41) is 0. The molecule has 0 saturated carbocycles. The number of amides is 1. The highest BCUT2D eigenvalue weighted by Crippen LogP contribution is 2.35. The van der Waals surface area contributed by atoms with Gasteiger partial charge in [-0.1, -0.05) is 0 Å². The number of carbonyl (C=O) groups excluding carboxylic acids is 1. The van der Waals surface area contributed by atoms with Gasteiger partial charge in [-0.3, -0.25) is 4.79 Å². The summed E-state index contributed by atoms with van der Waals surface area (Å²) in [4.78, 5) is 14.8. The van der Waals surface area contributed by atoms with Gasteiger partial charge in [0.15, 0.2) is 11.5 Å². The van der Waals surface area contributed by atoms with Crippen molar-refractivity contribution >= 4 is 11.6 Å². The molecule has 4 nitrogen and oxygen atoms in total. The molecule has 124 valence electrons. The third-order valence-electron chi connectivity index (χ3n) is 4.48. The van der Waals surface area contributed by atoms with Crippen LogP contribution in [0.15, 0.2) is 30.3 Å². The molecular weight excluding hydrogens is 309 g/mol. The summed E-state index contributed by atoms with van der Waals surface area (Å²) in [6.07, 6.45) is 1.62. The first kappa shape index (κ1) is 15.0. The predicted octanol–water partition coefficient (Wildman–Crippen LogP) is 3.50. The number of ether oxygens (including phenoxy) is 2. The van der Waals surface area contributed by atoms with Crippen molar-refractivity contribution in [2.75, 3.05) is 24.7 Å². The fourth-order valence-corrected chi connectivity index (χ4v) is 3.46. The number of anilines is 1. The van der Waals surface area contributed by atoms with Crippen molar-refractivity contribution in [1.82, 2.24) is 0 Å². The van der Waals surface area contributed by atoms with Gasteiger partial charge in [-0.2, -0.15) is 0 Å². The Hall–Kier alpha value is -2.56. The highest BCUT2D eigenvalue weighted by Gasteiger charge is 2.27. The summed E-state index contributed by atoms with van der Waals surface area (Å²) in [6.45, 7) is 3.48. The third-order valence-corrected chi connectivity index (χ3v) is 4.48. The van der Waals surface area contributed by atoms with Gasteiger partial charge in [0, 0.05) is 12.1 Å². The van der Waals surface area contributed by atoms with Gasteiger partial charge in [-0.25, -0.2) is 4.39 Å². The van der Waals surface area contributed by atoms with Gasteiger partial charge in [0.2, 0.25) is 0 Å². The lowest BCUT2D eigenvalue weighted by Crippen LogP contribution is -2.36. The van der Waals surface area contributed by atoms with Crippen LogP contribution >= 0.6 is 0 Å². The average molecular weight is 327 g/mol. The van der Waals surface area contributed by atoms with Crippen LogP contribution in [0.25, 0.3) is 0 Å². The number of nitrogens with zero attached hydrogens (tertiary/aromatic N) is 1. The van der Waals surface area contributed by atoms with Crippen LogP contribution in [0, 0.1) is 12.7 Å². The van der Waals surface area contributed by atoms with E-state index in [0.29, 0.717) is 36.8 Å². The second kappa shape index (κ2) is 5.82. The summed E-state index contributed by atoms with van der Waals surface area (Å²) in [5.74, 6) is 0.915. The molecule has 0 N–H and O–H groups in total. The Kier molecular flexibility index (Phi) is 3.63. The second-order valence-corrected chi connectivity index (χ2v) is 6.15. The number of carbonyl (C=O) groups is 1. The Morgan fingerprint density at radius 1 is 1.12 bits per heavy atom. The molecule has 24 heavy (non-hydrogen) atoms. The van der Waals surface area contributed by atoms with Crippen LogP contribution in [0.2, 0.25) is 0 Å². The first-order valence-corrected chi connectivity index (χ1v) is 8.14. The molecule has 0 unspecified atom stereocenters. The highest BCUT2D eigenvalue weighted by molar-refractivity contribution is 6.07. The van der Waals surface area contributed by atoms with Gasteiger partial charge in [0.1, 0.15) is 19.0 Å². The molecule has 0 aliphatic carbocycles. The molecular formula is C19H18FNO3. The molecule has 5 heteroatoms. The SMILES string of the molecule is Cc1cc(F)cc2c1N(C(=O)c1ccc3c(c1)OCCO3)CCC2. The lowest BCUT2D eigenvalue weighted by Gasteiger charge is -2.31. The molecule has 2 aliphatic rings. The summed E-state index contributed by atoms with van der Waals surface area (Å²) in [7, 11) is 0. The van der Waals surface area contributed by atoms with E-state index in [1.165, 1.54) is 12.1 Å². The van der Waals surface area contributed by atoms with E-state index >= 15 is 0 Å². The van der Waals surface area contributed by atoms with Gasteiger partial charge in [0.05, 0.1) is 5.69 Å². The fraction of sp³-hybridized carbons (Fsp3) is 0.316. The monoisotopic (exact) mass is 327 g/mol. The van der Waals surface area contributed by atoms with E-state index in [9.17, 15) is 9.18 Å². The quantitative estimate of drug-likeness (QED) is 0.805. The van der Waals surface area contributed by atoms with Crippen LogP contribution in [-0.2, 0) is 6.42 Å². The van der Waals surface area contributed by atoms with E-state index in [4.69, 9.17) is 9.47 Å². The minimum absolute atomic E-state index is 0.0948. The Balaban J connectivity index is 1.72. The Morgan fingerprint density at radius 3 is 2.75 bits per heavy atom. The zero-order valence-corrected chi connectivity index (χ0v) is 13.5. The Morgan fingerprint density at radius 2 is 1.92 bits per heavy atom. The Labute approximate surface area is 139 Å². The van der Waals surface area contributed by atoms with Crippen LogP contribution in [0.5, 0.6) is 11.5 Å². The lowest BCUT2D eigenvalue weighted by atomic mass is 9.97. The van der Waals surface area contributed by atoms with Crippen LogP contribution in [0.3, 0.4) is 0 Å². The first-order valence-electron chi connectivity index (χ1n) is 8.14. The largest absolute Gasteiger partial charge is 0.486 e. The van der Waals surface area contributed by atoms with Crippen LogP contribution in [0.1, 0.15) is 27.9 Å². The van der Waals surface area contributed by atoms with Crippen molar-refractivity contribution in [3.05, 3.63) is 52.8 Å². The molecule has 2 aliphatic heterocycles. The molecule has 0 saturated heterocycles. The van der Waals surface area contributed by atoms with E-state index < -0.39 is 0 Å². The van der Waals surface area contributed by atoms with Gasteiger partial charge in [-0.15, -0.1) is 0 Å². The van der Waals surface area contributed by atoms with Crippen molar-refractivity contribution < 1.29 is 18.7 Å². The van der Waals surface area contributed by atoms with Crippen molar-refractivity contribution in [1.29, 1.82) is 0 Å². The predicted molar refractivity (Wildman–Crippen MR) is 88.6 cm³/mol. The fourth-order valence-electron chi connectivity index (χ4n) is 3.46. The molecule has 0 bridgehead atoms. The third kappa shape index (κ3) is 2.50. The summed E-state index contributed by atoms with van der Waals surface area (Å²) in [5.41, 5.74) is 3.07. The zero-order valence-electron chi connectivity index (χ0n) is 13.5. The maximum absolute atomic E-state index is 13.7. The van der Waals surface area contributed by atoms with Crippen LogP contribution in [0.4, 0.5) is 10.1 Å². The van der Waals surface area contributed by atoms with E-state index in [1.807, 2.05) is 6.92 Å². The maximum Gasteiger partial charge on any atom is 0.258 e.